The lowest BCUT2D eigenvalue weighted by atomic mass is 9.78. The Morgan fingerprint density at radius 3 is 2.58 bits per heavy atom. The lowest BCUT2D eigenvalue weighted by Gasteiger charge is -2.42. The van der Waals surface area contributed by atoms with Gasteiger partial charge in [-0.2, -0.15) is 13.2 Å². The molecule has 2 aliphatic heterocycles. The Kier molecular flexibility index (Phi) is 6.62. The summed E-state index contributed by atoms with van der Waals surface area (Å²) in [5, 5.41) is 12.3. The molecule has 4 rings (SSSR count). The van der Waals surface area contributed by atoms with Crippen LogP contribution in [0.15, 0.2) is 18.2 Å². The lowest BCUT2D eigenvalue weighted by Crippen LogP contribution is -2.50. The molecule has 9 heteroatoms. The smallest absolute Gasteiger partial charge is 0.393 e. The second-order valence-corrected chi connectivity index (χ2v) is 9.65. The molecule has 0 bridgehead atoms. The van der Waals surface area contributed by atoms with E-state index in [-0.39, 0.29) is 48.3 Å². The summed E-state index contributed by atoms with van der Waals surface area (Å²) in [6, 6.07) is 4.01. The quantitative estimate of drug-likeness (QED) is 0.697. The second kappa shape index (κ2) is 9.16. The van der Waals surface area contributed by atoms with Crippen LogP contribution in [0.3, 0.4) is 0 Å². The third-order valence-electron chi connectivity index (χ3n) is 7.48. The van der Waals surface area contributed by atoms with E-state index in [4.69, 9.17) is 0 Å². The van der Waals surface area contributed by atoms with Crippen LogP contribution in [-0.2, 0) is 15.8 Å². The Labute approximate surface area is 192 Å². The first-order chi connectivity index (χ1) is 15.6. The minimum atomic E-state index is -4.58. The van der Waals surface area contributed by atoms with Crippen molar-refractivity contribution in [1.82, 2.24) is 4.90 Å². The Balaban J connectivity index is 1.56. The molecule has 2 N–H and O–H groups in total. The van der Waals surface area contributed by atoms with Crippen molar-refractivity contribution in [2.75, 3.05) is 29.9 Å². The van der Waals surface area contributed by atoms with E-state index < -0.39 is 17.2 Å². The van der Waals surface area contributed by atoms with Crippen LogP contribution in [0.1, 0.15) is 63.9 Å². The molecule has 2 saturated heterocycles. The third-order valence-corrected chi connectivity index (χ3v) is 7.48. The van der Waals surface area contributed by atoms with Gasteiger partial charge in [-0.3, -0.25) is 9.59 Å². The number of rotatable bonds is 4. The number of aliphatic hydroxyl groups is 1. The molecular formula is C24H32F3N3O3. The van der Waals surface area contributed by atoms with Gasteiger partial charge in [0.1, 0.15) is 0 Å². The second-order valence-electron chi connectivity index (χ2n) is 9.65. The monoisotopic (exact) mass is 467 g/mol. The number of hydrogen-bond donors (Lipinski definition) is 2. The summed E-state index contributed by atoms with van der Waals surface area (Å²) < 4.78 is 41.8. The van der Waals surface area contributed by atoms with Crippen molar-refractivity contribution in [2.45, 2.75) is 76.6 Å². The summed E-state index contributed by atoms with van der Waals surface area (Å²) in [5.74, 6) is -0.298. The van der Waals surface area contributed by atoms with Crippen LogP contribution in [0.2, 0.25) is 0 Å². The standard InChI is InChI=1S/C24H32F3N3O3/c1-2-21(32)28-16-4-9-20(19(14-16)24(25,26)27)29-12-3-10-23(15-29)11-13-30(22(23)33)17-5-7-18(31)8-6-17/h4,9,14,17-18,31H,2-3,5-8,10-13,15H2,1H3,(H,28,32)/t17-,18-,23-/m1/s1. The first kappa shape index (κ1) is 23.9. The predicted molar refractivity (Wildman–Crippen MR) is 119 cm³/mol. The van der Waals surface area contributed by atoms with Crippen molar-refractivity contribution >= 4 is 23.2 Å². The van der Waals surface area contributed by atoms with Gasteiger partial charge in [0.05, 0.1) is 17.1 Å². The van der Waals surface area contributed by atoms with Crippen molar-refractivity contribution in [2.24, 2.45) is 5.41 Å². The van der Waals surface area contributed by atoms with Crippen molar-refractivity contribution in [3.63, 3.8) is 0 Å². The van der Waals surface area contributed by atoms with Gasteiger partial charge in [0.15, 0.2) is 0 Å². The predicted octanol–water partition coefficient (Wildman–Crippen LogP) is 4.18. The van der Waals surface area contributed by atoms with Crippen molar-refractivity contribution < 1.29 is 27.9 Å². The van der Waals surface area contributed by atoms with Gasteiger partial charge in [-0.1, -0.05) is 6.92 Å². The molecule has 6 nitrogen and oxygen atoms in total. The number of nitrogens with zero attached hydrogens (tertiary/aromatic N) is 2. The van der Waals surface area contributed by atoms with Crippen molar-refractivity contribution in [1.29, 1.82) is 0 Å². The van der Waals surface area contributed by atoms with Gasteiger partial charge >= 0.3 is 6.18 Å². The number of anilines is 2. The molecule has 1 spiro atoms. The summed E-state index contributed by atoms with van der Waals surface area (Å²) in [6.45, 7) is 2.98. The molecule has 2 amide bonds. The number of nitrogens with one attached hydrogen (secondary N) is 1. The first-order valence-electron chi connectivity index (χ1n) is 11.9. The van der Waals surface area contributed by atoms with Gasteiger partial charge < -0.3 is 20.2 Å². The van der Waals surface area contributed by atoms with Gasteiger partial charge in [-0.25, -0.2) is 0 Å². The van der Waals surface area contributed by atoms with Gasteiger partial charge in [0.2, 0.25) is 11.8 Å². The number of hydrogen-bond acceptors (Lipinski definition) is 4. The number of benzene rings is 1. The number of alkyl halides is 3. The van der Waals surface area contributed by atoms with E-state index in [1.54, 1.807) is 11.8 Å². The van der Waals surface area contributed by atoms with E-state index in [2.05, 4.69) is 5.32 Å². The normalized spacial score (nSPS) is 28.5. The lowest BCUT2D eigenvalue weighted by molar-refractivity contribution is -0.139. The van der Waals surface area contributed by atoms with E-state index in [1.165, 1.54) is 12.1 Å². The number of halogens is 3. The zero-order valence-electron chi connectivity index (χ0n) is 19.0. The van der Waals surface area contributed by atoms with Crippen molar-refractivity contribution in [3.05, 3.63) is 23.8 Å². The maximum atomic E-state index is 13.9. The number of piperidine rings is 1. The largest absolute Gasteiger partial charge is 0.418 e. The van der Waals surface area contributed by atoms with Crippen LogP contribution < -0.4 is 10.2 Å². The average molecular weight is 468 g/mol. The molecule has 0 unspecified atom stereocenters. The molecule has 0 radical (unpaired) electrons. The molecule has 3 aliphatic rings. The Bertz CT molecular complexity index is 899. The van der Waals surface area contributed by atoms with E-state index in [9.17, 15) is 27.9 Å². The maximum absolute atomic E-state index is 13.9. The van der Waals surface area contributed by atoms with Crippen LogP contribution in [0.4, 0.5) is 24.5 Å². The summed E-state index contributed by atoms with van der Waals surface area (Å²) in [4.78, 5) is 28.8. The van der Waals surface area contributed by atoms with Crippen LogP contribution in [0.5, 0.6) is 0 Å². The number of likely N-dealkylation sites (tertiary alicyclic amines) is 1. The summed E-state index contributed by atoms with van der Waals surface area (Å²) in [5.41, 5.74) is -1.28. The zero-order valence-corrected chi connectivity index (χ0v) is 19.0. The van der Waals surface area contributed by atoms with E-state index in [1.807, 2.05) is 4.90 Å². The third kappa shape index (κ3) is 4.83. The van der Waals surface area contributed by atoms with Gasteiger partial charge in [0, 0.05) is 43.5 Å². The molecule has 1 atom stereocenters. The van der Waals surface area contributed by atoms with Crippen LogP contribution in [0, 0.1) is 5.41 Å². The highest BCUT2D eigenvalue weighted by molar-refractivity contribution is 5.91. The molecule has 3 fully saturated rings. The SMILES string of the molecule is CCC(=O)Nc1ccc(N2CCC[C@@]3(CCN([C@H]4CC[C@H](O)CC4)C3=O)C2)c(C(F)(F)F)c1. The Morgan fingerprint density at radius 2 is 1.91 bits per heavy atom. The minimum absolute atomic E-state index is 0.0500. The average Bonchev–Trinajstić information content (AvgIpc) is 3.09. The number of amides is 2. The van der Waals surface area contributed by atoms with Gasteiger partial charge in [-0.15, -0.1) is 0 Å². The maximum Gasteiger partial charge on any atom is 0.418 e. The molecule has 33 heavy (non-hydrogen) atoms. The Hall–Kier alpha value is -2.29. The molecule has 0 aromatic heterocycles. The summed E-state index contributed by atoms with van der Waals surface area (Å²) in [7, 11) is 0. The highest BCUT2D eigenvalue weighted by atomic mass is 19.4. The Morgan fingerprint density at radius 1 is 1.18 bits per heavy atom. The van der Waals surface area contributed by atoms with E-state index in [0.29, 0.717) is 45.2 Å². The van der Waals surface area contributed by atoms with Gasteiger partial charge in [0.25, 0.3) is 0 Å². The number of carbonyl (C=O) groups excluding carboxylic acids is 2. The number of aliphatic hydroxyl groups excluding tert-OH is 1. The molecule has 182 valence electrons. The summed E-state index contributed by atoms with van der Waals surface area (Å²) >= 11 is 0. The van der Waals surface area contributed by atoms with Crippen LogP contribution in [-0.4, -0.2) is 53.6 Å². The topological polar surface area (TPSA) is 72.9 Å². The van der Waals surface area contributed by atoms with Crippen LogP contribution >= 0.6 is 0 Å². The highest BCUT2D eigenvalue weighted by Crippen LogP contribution is 2.46. The molecular weight excluding hydrogens is 435 g/mol. The zero-order chi connectivity index (χ0) is 23.8. The fourth-order valence-corrected chi connectivity index (χ4v) is 5.65. The molecule has 1 aromatic rings. The van der Waals surface area contributed by atoms with Crippen LogP contribution in [0.25, 0.3) is 0 Å². The molecule has 1 saturated carbocycles. The molecule has 2 heterocycles. The van der Waals surface area contributed by atoms with Crippen molar-refractivity contribution in [3.8, 4) is 0 Å². The fourth-order valence-electron chi connectivity index (χ4n) is 5.65. The summed E-state index contributed by atoms with van der Waals surface area (Å²) in [6.07, 6.45) is 0.183. The molecule has 1 aromatic carbocycles. The van der Waals surface area contributed by atoms with Gasteiger partial charge in [-0.05, 0) is 63.1 Å². The molecule has 1 aliphatic carbocycles. The highest BCUT2D eigenvalue weighted by Gasteiger charge is 2.51. The first-order valence-corrected chi connectivity index (χ1v) is 11.9. The van der Waals surface area contributed by atoms with E-state index in [0.717, 1.165) is 18.9 Å². The number of carbonyl (C=O) groups is 2. The van der Waals surface area contributed by atoms with E-state index >= 15 is 0 Å². The fraction of sp³-hybridized carbons (Fsp3) is 0.667. The minimum Gasteiger partial charge on any atom is -0.393 e.